The Morgan fingerprint density at radius 2 is 2.07 bits per heavy atom. The Kier molecular flexibility index (Phi) is 6.09. The fourth-order valence-corrected chi connectivity index (χ4v) is 2.63. The van der Waals surface area contributed by atoms with Gasteiger partial charge in [0.2, 0.25) is 5.89 Å². The summed E-state index contributed by atoms with van der Waals surface area (Å²) in [6.07, 6.45) is -1.13. The van der Waals surface area contributed by atoms with Crippen molar-refractivity contribution in [3.63, 3.8) is 0 Å². The Labute approximate surface area is 159 Å². The van der Waals surface area contributed by atoms with Crippen LogP contribution in [0.2, 0.25) is 5.02 Å². The summed E-state index contributed by atoms with van der Waals surface area (Å²) in [5.41, 5.74) is 0.532. The predicted octanol–water partition coefficient (Wildman–Crippen LogP) is 1.51. The molecular formula is C16H17ClN4O6. The van der Waals surface area contributed by atoms with Crippen LogP contribution in [0.15, 0.2) is 22.6 Å². The van der Waals surface area contributed by atoms with E-state index in [1.807, 2.05) is 0 Å². The Hall–Kier alpha value is -2.85. The van der Waals surface area contributed by atoms with Crippen molar-refractivity contribution >= 4 is 23.6 Å². The molecule has 0 unspecified atom stereocenters. The van der Waals surface area contributed by atoms with Gasteiger partial charge in [-0.15, -0.1) is 10.2 Å². The molecule has 0 saturated carbocycles. The number of aromatic nitrogens is 2. The number of morpholine rings is 1. The number of amides is 2. The first kappa shape index (κ1) is 18.9. The van der Waals surface area contributed by atoms with Gasteiger partial charge in [-0.3, -0.25) is 4.79 Å². The number of carboxylic acid groups (broad SMARTS) is 1. The first-order chi connectivity index (χ1) is 13.0. The highest BCUT2D eigenvalue weighted by molar-refractivity contribution is 6.32. The van der Waals surface area contributed by atoms with Crippen LogP contribution in [-0.2, 0) is 4.74 Å². The van der Waals surface area contributed by atoms with E-state index in [1.54, 1.807) is 23.1 Å². The van der Waals surface area contributed by atoms with Gasteiger partial charge in [0.1, 0.15) is 12.4 Å². The maximum atomic E-state index is 12.3. The minimum atomic E-state index is -1.13. The lowest BCUT2D eigenvalue weighted by molar-refractivity contribution is 0.0278. The summed E-state index contributed by atoms with van der Waals surface area (Å²) in [7, 11) is 0. The Morgan fingerprint density at radius 3 is 2.78 bits per heavy atom. The van der Waals surface area contributed by atoms with Gasteiger partial charge in [0.15, 0.2) is 0 Å². The van der Waals surface area contributed by atoms with Crippen molar-refractivity contribution in [2.24, 2.45) is 0 Å². The average molecular weight is 397 g/mol. The highest BCUT2D eigenvalue weighted by Crippen LogP contribution is 2.30. The molecular weight excluding hydrogens is 380 g/mol. The van der Waals surface area contributed by atoms with E-state index >= 15 is 0 Å². The number of halogens is 1. The normalized spacial score (nSPS) is 14.0. The van der Waals surface area contributed by atoms with Crippen LogP contribution < -0.4 is 10.1 Å². The quantitative estimate of drug-likeness (QED) is 0.703. The predicted molar refractivity (Wildman–Crippen MR) is 93.0 cm³/mol. The van der Waals surface area contributed by atoms with E-state index in [1.165, 1.54) is 0 Å². The van der Waals surface area contributed by atoms with E-state index in [4.69, 9.17) is 30.6 Å². The van der Waals surface area contributed by atoms with Crippen LogP contribution in [0, 0.1) is 0 Å². The summed E-state index contributed by atoms with van der Waals surface area (Å²) in [5, 5.41) is 18.7. The topological polar surface area (TPSA) is 127 Å². The third kappa shape index (κ3) is 4.86. The lowest BCUT2D eigenvalue weighted by Crippen LogP contribution is -2.40. The number of carbonyl (C=O) groups excluding carboxylic acids is 1. The average Bonchev–Trinajstić information content (AvgIpc) is 3.16. The van der Waals surface area contributed by atoms with Crippen LogP contribution in [0.3, 0.4) is 0 Å². The summed E-state index contributed by atoms with van der Waals surface area (Å²) in [6, 6.07) is 4.83. The molecule has 10 nitrogen and oxygen atoms in total. The second-order valence-electron chi connectivity index (χ2n) is 5.54. The number of hydrogen-bond acceptors (Lipinski definition) is 7. The minimum Gasteiger partial charge on any atom is -0.490 e. The Bertz CT molecular complexity index is 821. The fraction of sp³-hybridized carbons (Fsp3) is 0.375. The molecule has 0 spiro atoms. The van der Waals surface area contributed by atoms with E-state index in [0.717, 1.165) is 0 Å². The molecule has 3 rings (SSSR count). The van der Waals surface area contributed by atoms with Crippen molar-refractivity contribution in [1.82, 2.24) is 20.4 Å². The van der Waals surface area contributed by atoms with Crippen LogP contribution in [-0.4, -0.2) is 71.7 Å². The lowest BCUT2D eigenvalue weighted by atomic mass is 10.2. The first-order valence-electron chi connectivity index (χ1n) is 8.14. The molecule has 1 fully saturated rings. The van der Waals surface area contributed by atoms with Crippen LogP contribution in [0.5, 0.6) is 5.75 Å². The standard InChI is InChI=1S/C16H17ClN4O6/c17-11-9-10(1-2-12(11)26-6-3-18-16(23)24)13-19-20-14(27-13)15(22)21-4-7-25-8-5-21/h1-2,9,18H,3-8H2,(H,23,24). The molecule has 1 aliphatic heterocycles. The molecule has 2 heterocycles. The molecule has 1 aromatic heterocycles. The van der Waals surface area contributed by atoms with Crippen molar-refractivity contribution in [3.05, 3.63) is 29.1 Å². The largest absolute Gasteiger partial charge is 0.490 e. The van der Waals surface area contributed by atoms with Gasteiger partial charge in [-0.2, -0.15) is 0 Å². The van der Waals surface area contributed by atoms with E-state index < -0.39 is 6.09 Å². The van der Waals surface area contributed by atoms with Crippen LogP contribution >= 0.6 is 11.6 Å². The van der Waals surface area contributed by atoms with Gasteiger partial charge < -0.3 is 29.2 Å². The maximum Gasteiger partial charge on any atom is 0.404 e. The van der Waals surface area contributed by atoms with Crippen molar-refractivity contribution in [1.29, 1.82) is 0 Å². The first-order valence-corrected chi connectivity index (χ1v) is 8.52. The Balaban J connectivity index is 1.64. The van der Waals surface area contributed by atoms with E-state index in [9.17, 15) is 9.59 Å². The van der Waals surface area contributed by atoms with E-state index in [2.05, 4.69) is 15.5 Å². The van der Waals surface area contributed by atoms with E-state index in [-0.39, 0.29) is 30.8 Å². The maximum absolute atomic E-state index is 12.3. The third-order valence-electron chi connectivity index (χ3n) is 3.72. The van der Waals surface area contributed by atoms with Gasteiger partial charge in [0, 0.05) is 18.7 Å². The second kappa shape index (κ2) is 8.69. The smallest absolute Gasteiger partial charge is 0.404 e. The fourth-order valence-electron chi connectivity index (χ4n) is 2.40. The highest BCUT2D eigenvalue weighted by Gasteiger charge is 2.24. The van der Waals surface area contributed by atoms with Crippen LogP contribution in [0.25, 0.3) is 11.5 Å². The molecule has 11 heteroatoms. The van der Waals surface area contributed by atoms with Crippen molar-refractivity contribution in [2.75, 3.05) is 39.5 Å². The molecule has 2 amide bonds. The summed E-state index contributed by atoms with van der Waals surface area (Å²) in [5.74, 6) is 0.112. The number of ether oxygens (including phenoxy) is 2. The SMILES string of the molecule is O=C(O)NCCOc1ccc(-c2nnc(C(=O)N3CCOCC3)o2)cc1Cl. The van der Waals surface area contributed by atoms with Crippen LogP contribution in [0.1, 0.15) is 10.7 Å². The van der Waals surface area contributed by atoms with Gasteiger partial charge in [-0.1, -0.05) is 11.6 Å². The summed E-state index contributed by atoms with van der Waals surface area (Å²) in [4.78, 5) is 24.3. The number of carbonyl (C=O) groups is 2. The third-order valence-corrected chi connectivity index (χ3v) is 4.02. The summed E-state index contributed by atoms with van der Waals surface area (Å²) < 4.78 is 16.1. The van der Waals surface area contributed by atoms with Gasteiger partial charge in [-0.25, -0.2) is 4.79 Å². The Morgan fingerprint density at radius 1 is 1.30 bits per heavy atom. The molecule has 0 bridgehead atoms. The number of rotatable bonds is 6. The second-order valence-corrected chi connectivity index (χ2v) is 5.95. The zero-order valence-corrected chi connectivity index (χ0v) is 14.9. The van der Waals surface area contributed by atoms with Crippen molar-refractivity contribution in [3.8, 4) is 17.2 Å². The van der Waals surface area contributed by atoms with E-state index in [0.29, 0.717) is 42.6 Å². The number of benzene rings is 1. The summed E-state index contributed by atoms with van der Waals surface area (Å²) >= 11 is 6.17. The zero-order valence-electron chi connectivity index (χ0n) is 14.2. The molecule has 0 atom stereocenters. The molecule has 1 aliphatic rings. The number of nitrogens with one attached hydrogen (secondary N) is 1. The highest BCUT2D eigenvalue weighted by atomic mass is 35.5. The lowest BCUT2D eigenvalue weighted by Gasteiger charge is -2.25. The molecule has 0 radical (unpaired) electrons. The van der Waals surface area contributed by atoms with Crippen molar-refractivity contribution in [2.45, 2.75) is 0 Å². The summed E-state index contributed by atoms with van der Waals surface area (Å²) in [6.45, 7) is 2.17. The molecule has 0 aliphatic carbocycles. The zero-order chi connectivity index (χ0) is 19.2. The number of hydrogen-bond donors (Lipinski definition) is 2. The van der Waals surface area contributed by atoms with Gasteiger partial charge >= 0.3 is 17.9 Å². The molecule has 1 saturated heterocycles. The molecule has 2 aromatic rings. The molecule has 144 valence electrons. The van der Waals surface area contributed by atoms with Crippen molar-refractivity contribution < 1.29 is 28.6 Å². The van der Waals surface area contributed by atoms with Crippen LogP contribution in [0.4, 0.5) is 4.79 Å². The minimum absolute atomic E-state index is 0.0944. The molecule has 2 N–H and O–H groups in total. The number of nitrogens with zero attached hydrogens (tertiary/aromatic N) is 3. The molecule has 27 heavy (non-hydrogen) atoms. The monoisotopic (exact) mass is 396 g/mol. The van der Waals surface area contributed by atoms with Gasteiger partial charge in [0.25, 0.3) is 0 Å². The molecule has 1 aromatic carbocycles. The van der Waals surface area contributed by atoms with Gasteiger partial charge in [0.05, 0.1) is 24.8 Å². The van der Waals surface area contributed by atoms with Gasteiger partial charge in [-0.05, 0) is 18.2 Å².